The fourth-order valence-electron chi connectivity index (χ4n) is 3.75. The highest BCUT2D eigenvalue weighted by molar-refractivity contribution is 7.21. The predicted molar refractivity (Wildman–Crippen MR) is 123 cm³/mol. The summed E-state index contributed by atoms with van der Waals surface area (Å²) < 4.78 is 18.1. The van der Waals surface area contributed by atoms with E-state index in [1.807, 2.05) is 49.0 Å². The summed E-state index contributed by atoms with van der Waals surface area (Å²) in [7, 11) is 1.56. The summed E-state index contributed by atoms with van der Waals surface area (Å²) in [6.45, 7) is 4.12. The normalized spacial score (nSPS) is 12.6. The number of rotatable bonds is 5. The lowest BCUT2D eigenvalue weighted by Crippen LogP contribution is -2.18. The molecule has 1 aromatic carbocycles. The highest BCUT2D eigenvalue weighted by Crippen LogP contribution is 2.41. The highest BCUT2D eigenvalue weighted by atomic mass is 32.1. The van der Waals surface area contributed by atoms with Gasteiger partial charge < -0.3 is 18.8 Å². The largest absolute Gasteiger partial charge is 0.493 e. The SMILES string of the molecule is COc1cc(/C=N\NC(=O)c2sc3nc(C)cc(C)c3c2-n2cccc2)cc2c1OCO2. The molecule has 32 heavy (non-hydrogen) atoms. The Morgan fingerprint density at radius 3 is 2.84 bits per heavy atom. The first-order chi connectivity index (χ1) is 15.5. The lowest BCUT2D eigenvalue weighted by atomic mass is 10.1. The standard InChI is InChI=1S/C23H20N4O4S/c1-13-8-14(2)25-23-18(13)19(27-6-4-5-7-27)21(32-23)22(28)26-24-11-15-9-16(29-3)20-17(10-15)30-12-31-20/h4-11H,12H2,1-3H3,(H,26,28)/b24-11-. The van der Waals surface area contributed by atoms with Crippen molar-refractivity contribution in [2.45, 2.75) is 13.8 Å². The first-order valence-corrected chi connectivity index (χ1v) is 10.7. The minimum atomic E-state index is -0.308. The molecule has 3 aromatic heterocycles. The molecule has 0 unspecified atom stereocenters. The molecule has 1 aliphatic rings. The van der Waals surface area contributed by atoms with Crippen LogP contribution in [0.1, 0.15) is 26.5 Å². The maximum absolute atomic E-state index is 13.1. The van der Waals surface area contributed by atoms with Crippen molar-refractivity contribution in [3.8, 4) is 22.9 Å². The molecule has 8 nitrogen and oxygen atoms in total. The zero-order valence-electron chi connectivity index (χ0n) is 17.7. The van der Waals surface area contributed by atoms with E-state index in [9.17, 15) is 4.79 Å². The van der Waals surface area contributed by atoms with Gasteiger partial charge in [0.25, 0.3) is 5.91 Å². The van der Waals surface area contributed by atoms with Crippen LogP contribution in [0.3, 0.4) is 0 Å². The Hall–Kier alpha value is -3.85. The van der Waals surface area contributed by atoms with Crippen molar-refractivity contribution in [2.24, 2.45) is 5.10 Å². The Morgan fingerprint density at radius 2 is 2.06 bits per heavy atom. The quantitative estimate of drug-likeness (QED) is 0.365. The van der Waals surface area contributed by atoms with Gasteiger partial charge in [-0.3, -0.25) is 4.79 Å². The number of nitrogens with one attached hydrogen (secondary N) is 1. The van der Waals surface area contributed by atoms with Gasteiger partial charge in [-0.1, -0.05) is 0 Å². The topological polar surface area (TPSA) is 87.0 Å². The Kier molecular flexibility index (Phi) is 5.02. The third kappa shape index (κ3) is 3.46. The number of carbonyl (C=O) groups excluding carboxylic acids is 1. The van der Waals surface area contributed by atoms with Crippen LogP contribution in [0, 0.1) is 13.8 Å². The van der Waals surface area contributed by atoms with Gasteiger partial charge in [0, 0.05) is 29.0 Å². The monoisotopic (exact) mass is 448 g/mol. The summed E-state index contributed by atoms with van der Waals surface area (Å²) in [4.78, 5) is 19.1. The molecule has 4 heterocycles. The number of hydrazone groups is 1. The Balaban J connectivity index is 1.47. The van der Waals surface area contributed by atoms with E-state index in [0.29, 0.717) is 27.7 Å². The summed E-state index contributed by atoms with van der Waals surface area (Å²) in [6.07, 6.45) is 5.37. The highest BCUT2D eigenvalue weighted by Gasteiger charge is 2.22. The maximum Gasteiger partial charge on any atom is 0.283 e. The molecule has 5 rings (SSSR count). The average molecular weight is 449 g/mol. The van der Waals surface area contributed by atoms with E-state index < -0.39 is 0 Å². The van der Waals surface area contributed by atoms with Crippen molar-refractivity contribution >= 4 is 33.7 Å². The number of methoxy groups -OCH3 is 1. The smallest absolute Gasteiger partial charge is 0.283 e. The van der Waals surface area contributed by atoms with E-state index in [0.717, 1.165) is 27.2 Å². The van der Waals surface area contributed by atoms with Crippen LogP contribution in [-0.4, -0.2) is 35.6 Å². The molecule has 162 valence electrons. The van der Waals surface area contributed by atoms with Gasteiger partial charge in [0.05, 0.1) is 19.0 Å². The van der Waals surface area contributed by atoms with E-state index in [4.69, 9.17) is 14.2 Å². The van der Waals surface area contributed by atoms with Crippen LogP contribution in [0.5, 0.6) is 17.2 Å². The van der Waals surface area contributed by atoms with Crippen LogP contribution in [0.2, 0.25) is 0 Å². The van der Waals surface area contributed by atoms with Crippen molar-refractivity contribution in [3.05, 3.63) is 64.4 Å². The number of hydrogen-bond donors (Lipinski definition) is 1. The lowest BCUT2D eigenvalue weighted by Gasteiger charge is -2.07. The van der Waals surface area contributed by atoms with Gasteiger partial charge in [-0.2, -0.15) is 5.10 Å². The Morgan fingerprint density at radius 1 is 1.25 bits per heavy atom. The molecule has 9 heteroatoms. The minimum Gasteiger partial charge on any atom is -0.493 e. The van der Waals surface area contributed by atoms with Crippen LogP contribution >= 0.6 is 11.3 Å². The van der Waals surface area contributed by atoms with E-state index >= 15 is 0 Å². The second-order valence-electron chi connectivity index (χ2n) is 7.29. The number of carbonyl (C=O) groups is 1. The zero-order valence-corrected chi connectivity index (χ0v) is 18.5. The molecule has 0 saturated carbocycles. The average Bonchev–Trinajstić information content (AvgIpc) is 3.51. The lowest BCUT2D eigenvalue weighted by molar-refractivity contribution is 0.0959. The van der Waals surface area contributed by atoms with Crippen molar-refractivity contribution in [2.75, 3.05) is 13.9 Å². The second kappa shape index (κ2) is 8.01. The second-order valence-corrected chi connectivity index (χ2v) is 8.29. The molecular weight excluding hydrogens is 428 g/mol. The van der Waals surface area contributed by atoms with E-state index in [2.05, 4.69) is 15.5 Å². The molecule has 1 N–H and O–H groups in total. The number of pyridine rings is 1. The number of ether oxygens (including phenoxy) is 3. The van der Waals surface area contributed by atoms with Crippen LogP contribution < -0.4 is 19.6 Å². The first kappa shape index (κ1) is 20.1. The van der Waals surface area contributed by atoms with Gasteiger partial charge in [-0.25, -0.2) is 10.4 Å². The number of amides is 1. The summed E-state index contributed by atoms with van der Waals surface area (Å²) in [5, 5.41) is 5.12. The van der Waals surface area contributed by atoms with Crippen molar-refractivity contribution in [1.29, 1.82) is 0 Å². The number of aromatic nitrogens is 2. The van der Waals surface area contributed by atoms with Crippen molar-refractivity contribution < 1.29 is 19.0 Å². The molecule has 1 aliphatic heterocycles. The van der Waals surface area contributed by atoms with Gasteiger partial charge in [-0.15, -0.1) is 11.3 Å². The van der Waals surface area contributed by atoms with Crippen molar-refractivity contribution in [1.82, 2.24) is 15.0 Å². The fourth-order valence-corrected chi connectivity index (χ4v) is 4.93. The van der Waals surface area contributed by atoms with Crippen LogP contribution in [0.4, 0.5) is 0 Å². The number of benzene rings is 1. The zero-order chi connectivity index (χ0) is 22.2. The number of aryl methyl sites for hydroxylation is 2. The van der Waals surface area contributed by atoms with Gasteiger partial charge in [0.2, 0.25) is 12.5 Å². The summed E-state index contributed by atoms with van der Waals surface area (Å²) in [5.41, 5.74) is 6.14. The number of fused-ring (bicyclic) bond motifs is 2. The molecule has 0 atom stereocenters. The molecule has 0 aliphatic carbocycles. The number of thiophene rings is 1. The van der Waals surface area contributed by atoms with E-state index in [-0.39, 0.29) is 12.7 Å². The molecular formula is C23H20N4O4S. The molecule has 0 spiro atoms. The minimum absolute atomic E-state index is 0.143. The van der Waals surface area contributed by atoms with Gasteiger partial charge >= 0.3 is 0 Å². The summed E-state index contributed by atoms with van der Waals surface area (Å²) in [5.74, 6) is 1.38. The summed E-state index contributed by atoms with van der Waals surface area (Å²) >= 11 is 1.35. The van der Waals surface area contributed by atoms with Gasteiger partial charge in [0.1, 0.15) is 9.71 Å². The van der Waals surface area contributed by atoms with Crippen molar-refractivity contribution in [3.63, 3.8) is 0 Å². The molecule has 0 saturated heterocycles. The molecule has 0 bridgehead atoms. The fraction of sp³-hybridized carbons (Fsp3) is 0.174. The predicted octanol–water partition coefficient (Wildman–Crippen LogP) is 4.21. The maximum atomic E-state index is 13.1. The van der Waals surface area contributed by atoms with E-state index in [1.54, 1.807) is 25.5 Å². The summed E-state index contributed by atoms with van der Waals surface area (Å²) in [6, 6.07) is 9.42. The van der Waals surface area contributed by atoms with E-state index in [1.165, 1.54) is 11.3 Å². The van der Waals surface area contributed by atoms with Gasteiger partial charge in [0.15, 0.2) is 11.5 Å². The number of hydrogen-bond acceptors (Lipinski definition) is 7. The molecule has 0 fully saturated rings. The third-order valence-electron chi connectivity index (χ3n) is 5.09. The molecule has 0 radical (unpaired) electrons. The van der Waals surface area contributed by atoms with Crippen LogP contribution in [0.25, 0.3) is 15.9 Å². The Bertz CT molecular complexity index is 1360. The van der Waals surface area contributed by atoms with Gasteiger partial charge in [-0.05, 0) is 49.7 Å². The Labute approximate surface area is 188 Å². The molecule has 4 aromatic rings. The first-order valence-electron chi connectivity index (χ1n) is 9.90. The third-order valence-corrected chi connectivity index (χ3v) is 6.16. The molecule has 1 amide bonds. The number of nitrogens with zero attached hydrogens (tertiary/aromatic N) is 3. The van der Waals surface area contributed by atoms with Crippen LogP contribution in [0.15, 0.2) is 47.8 Å². The van der Waals surface area contributed by atoms with Crippen LogP contribution in [-0.2, 0) is 0 Å².